The van der Waals surface area contributed by atoms with Gasteiger partial charge in [-0.1, -0.05) is 0 Å². The summed E-state index contributed by atoms with van der Waals surface area (Å²) in [5, 5.41) is 9.89. The summed E-state index contributed by atoms with van der Waals surface area (Å²) in [4.78, 5) is 0. The predicted molar refractivity (Wildman–Crippen MR) is 41.5 cm³/mol. The first-order valence-electron chi connectivity index (χ1n) is 4.02. The Labute approximate surface area is 67.3 Å². The van der Waals surface area contributed by atoms with Gasteiger partial charge in [0.2, 0.25) is 0 Å². The van der Waals surface area contributed by atoms with Gasteiger partial charge in [0.05, 0.1) is 12.7 Å². The normalized spacial score (nSPS) is 39.0. The molecule has 0 aliphatic carbocycles. The van der Waals surface area contributed by atoms with Crippen molar-refractivity contribution in [3.8, 4) is 0 Å². The molecule has 0 aromatic rings. The third-order valence-electron chi connectivity index (χ3n) is 2.27. The first-order chi connectivity index (χ1) is 5.19. The molecule has 0 aromatic carbocycles. The zero-order valence-corrected chi connectivity index (χ0v) is 7.17. The van der Waals surface area contributed by atoms with E-state index in [1.54, 1.807) is 7.11 Å². The second-order valence-electron chi connectivity index (χ2n) is 3.15. The van der Waals surface area contributed by atoms with Crippen LogP contribution in [-0.4, -0.2) is 37.1 Å². The van der Waals surface area contributed by atoms with E-state index in [0.717, 1.165) is 19.4 Å². The van der Waals surface area contributed by atoms with Gasteiger partial charge in [-0.3, -0.25) is 0 Å². The summed E-state index contributed by atoms with van der Waals surface area (Å²) in [6, 6.07) is 0. The van der Waals surface area contributed by atoms with Gasteiger partial charge in [-0.25, -0.2) is 0 Å². The fourth-order valence-corrected chi connectivity index (χ4v) is 1.44. The number of aliphatic hydroxyl groups is 1. The van der Waals surface area contributed by atoms with Crippen LogP contribution < -0.4 is 0 Å². The molecule has 0 spiro atoms. The molecule has 0 aromatic heterocycles. The number of rotatable bonds is 2. The van der Waals surface area contributed by atoms with Gasteiger partial charge in [0.1, 0.15) is 5.60 Å². The Morgan fingerprint density at radius 2 is 2.45 bits per heavy atom. The van der Waals surface area contributed by atoms with Crippen molar-refractivity contribution < 1.29 is 14.6 Å². The second kappa shape index (κ2) is 3.52. The van der Waals surface area contributed by atoms with E-state index >= 15 is 0 Å². The fourth-order valence-electron chi connectivity index (χ4n) is 1.44. The van der Waals surface area contributed by atoms with E-state index in [9.17, 15) is 5.11 Å². The minimum Gasteiger partial charge on any atom is -0.385 e. The summed E-state index contributed by atoms with van der Waals surface area (Å²) in [5.41, 5.74) is -0.757. The first kappa shape index (κ1) is 8.97. The SMILES string of the molecule is COC[C@]1(O)CCCO[C@H]1C. The Bertz CT molecular complexity index is 123. The van der Waals surface area contributed by atoms with Gasteiger partial charge in [-0.15, -0.1) is 0 Å². The monoisotopic (exact) mass is 160 g/mol. The van der Waals surface area contributed by atoms with Crippen molar-refractivity contribution in [1.82, 2.24) is 0 Å². The summed E-state index contributed by atoms with van der Waals surface area (Å²) in [6.07, 6.45) is 1.60. The van der Waals surface area contributed by atoms with E-state index < -0.39 is 5.60 Å². The van der Waals surface area contributed by atoms with Crippen LogP contribution in [0.25, 0.3) is 0 Å². The lowest BCUT2D eigenvalue weighted by Gasteiger charge is -2.37. The van der Waals surface area contributed by atoms with Gasteiger partial charge in [0.25, 0.3) is 0 Å². The highest BCUT2D eigenvalue weighted by Crippen LogP contribution is 2.25. The summed E-state index contributed by atoms with van der Waals surface area (Å²) < 4.78 is 10.2. The Hall–Kier alpha value is -0.120. The maximum atomic E-state index is 9.89. The van der Waals surface area contributed by atoms with Gasteiger partial charge in [0, 0.05) is 13.7 Å². The van der Waals surface area contributed by atoms with E-state index in [-0.39, 0.29) is 6.10 Å². The molecule has 1 fully saturated rings. The molecule has 1 N–H and O–H groups in total. The molecule has 66 valence electrons. The number of hydrogen-bond donors (Lipinski definition) is 1. The highest BCUT2D eigenvalue weighted by atomic mass is 16.5. The molecule has 1 saturated heterocycles. The van der Waals surface area contributed by atoms with Gasteiger partial charge in [-0.2, -0.15) is 0 Å². The van der Waals surface area contributed by atoms with Gasteiger partial charge in [-0.05, 0) is 19.8 Å². The minimum absolute atomic E-state index is 0.101. The molecular formula is C8H16O3. The van der Waals surface area contributed by atoms with Crippen LogP contribution in [0.15, 0.2) is 0 Å². The molecule has 1 aliphatic rings. The lowest BCUT2D eigenvalue weighted by molar-refractivity contribution is -0.161. The van der Waals surface area contributed by atoms with Crippen LogP contribution in [0.1, 0.15) is 19.8 Å². The van der Waals surface area contributed by atoms with Crippen LogP contribution in [0.3, 0.4) is 0 Å². The van der Waals surface area contributed by atoms with Crippen molar-refractivity contribution >= 4 is 0 Å². The summed E-state index contributed by atoms with van der Waals surface area (Å²) in [7, 11) is 1.60. The summed E-state index contributed by atoms with van der Waals surface area (Å²) >= 11 is 0. The van der Waals surface area contributed by atoms with Crippen LogP contribution in [0.4, 0.5) is 0 Å². The van der Waals surface area contributed by atoms with Crippen LogP contribution in [0, 0.1) is 0 Å². The molecule has 1 aliphatic heterocycles. The Morgan fingerprint density at radius 1 is 1.73 bits per heavy atom. The maximum absolute atomic E-state index is 9.89. The van der Waals surface area contributed by atoms with Gasteiger partial charge < -0.3 is 14.6 Å². The number of ether oxygens (including phenoxy) is 2. The quantitative estimate of drug-likeness (QED) is 0.641. The highest BCUT2D eigenvalue weighted by Gasteiger charge is 2.36. The molecule has 2 atom stereocenters. The van der Waals surface area contributed by atoms with Crippen molar-refractivity contribution in [2.24, 2.45) is 0 Å². The number of methoxy groups -OCH3 is 1. The van der Waals surface area contributed by atoms with Crippen molar-refractivity contribution in [1.29, 1.82) is 0 Å². The first-order valence-corrected chi connectivity index (χ1v) is 4.02. The molecule has 0 saturated carbocycles. The Morgan fingerprint density at radius 3 is 3.00 bits per heavy atom. The largest absolute Gasteiger partial charge is 0.385 e. The van der Waals surface area contributed by atoms with Crippen molar-refractivity contribution in [2.45, 2.75) is 31.5 Å². The standard InChI is InChI=1S/C8H16O3/c1-7-8(9,6-10-2)4-3-5-11-7/h7,9H,3-6H2,1-2H3/t7-,8+/m0/s1. The van der Waals surface area contributed by atoms with Crippen LogP contribution in [-0.2, 0) is 9.47 Å². The van der Waals surface area contributed by atoms with E-state index in [1.807, 2.05) is 6.92 Å². The lowest BCUT2D eigenvalue weighted by atomic mass is 9.91. The molecule has 3 nitrogen and oxygen atoms in total. The molecule has 1 heterocycles. The van der Waals surface area contributed by atoms with Gasteiger partial charge >= 0.3 is 0 Å². The molecule has 0 unspecified atom stereocenters. The van der Waals surface area contributed by atoms with E-state index in [1.165, 1.54) is 0 Å². The average Bonchev–Trinajstić information content (AvgIpc) is 1.96. The molecule has 3 heteroatoms. The predicted octanol–water partition coefficient (Wildman–Crippen LogP) is 0.563. The summed E-state index contributed by atoms with van der Waals surface area (Å²) in [5.74, 6) is 0. The molecular weight excluding hydrogens is 144 g/mol. The highest BCUT2D eigenvalue weighted by molar-refractivity contribution is 4.87. The maximum Gasteiger partial charge on any atom is 0.114 e. The Kier molecular flexibility index (Phi) is 2.87. The topological polar surface area (TPSA) is 38.7 Å². The molecule has 0 amide bonds. The van der Waals surface area contributed by atoms with Crippen molar-refractivity contribution in [3.63, 3.8) is 0 Å². The van der Waals surface area contributed by atoms with Crippen LogP contribution >= 0.6 is 0 Å². The Balaban J connectivity index is 2.49. The zero-order chi connectivity index (χ0) is 8.32. The van der Waals surface area contributed by atoms with E-state index in [2.05, 4.69) is 0 Å². The van der Waals surface area contributed by atoms with E-state index in [0.29, 0.717) is 6.61 Å². The van der Waals surface area contributed by atoms with Crippen LogP contribution in [0.5, 0.6) is 0 Å². The smallest absolute Gasteiger partial charge is 0.114 e. The second-order valence-corrected chi connectivity index (χ2v) is 3.15. The van der Waals surface area contributed by atoms with Crippen LogP contribution in [0.2, 0.25) is 0 Å². The third-order valence-corrected chi connectivity index (χ3v) is 2.27. The van der Waals surface area contributed by atoms with Gasteiger partial charge in [0.15, 0.2) is 0 Å². The summed E-state index contributed by atoms with van der Waals surface area (Å²) in [6.45, 7) is 3.01. The fraction of sp³-hybridized carbons (Fsp3) is 1.00. The molecule has 0 radical (unpaired) electrons. The molecule has 0 bridgehead atoms. The molecule has 11 heavy (non-hydrogen) atoms. The minimum atomic E-state index is -0.757. The van der Waals surface area contributed by atoms with Crippen molar-refractivity contribution in [3.05, 3.63) is 0 Å². The average molecular weight is 160 g/mol. The van der Waals surface area contributed by atoms with Crippen molar-refractivity contribution in [2.75, 3.05) is 20.3 Å². The zero-order valence-electron chi connectivity index (χ0n) is 7.17. The number of hydrogen-bond acceptors (Lipinski definition) is 3. The van der Waals surface area contributed by atoms with E-state index in [4.69, 9.17) is 9.47 Å². The molecule has 1 rings (SSSR count). The lowest BCUT2D eigenvalue weighted by Crippen LogP contribution is -2.49. The third kappa shape index (κ3) is 1.92.